The fraction of sp³-hybridized carbons (Fsp3) is 0.471. The quantitative estimate of drug-likeness (QED) is 0.838. The molecule has 0 spiro atoms. The summed E-state index contributed by atoms with van der Waals surface area (Å²) in [7, 11) is 3.11. The van der Waals surface area contributed by atoms with Crippen LogP contribution in [0, 0.1) is 0 Å². The summed E-state index contributed by atoms with van der Waals surface area (Å²) in [6, 6.07) is 5.54. The van der Waals surface area contributed by atoms with Gasteiger partial charge in [0, 0.05) is 25.2 Å². The van der Waals surface area contributed by atoms with Crippen LogP contribution in [0.2, 0.25) is 0 Å². The molecule has 1 aromatic heterocycles. The molecule has 4 rings (SSSR count). The standard InChI is InChI=1S/C17H20N4O3/c1-23-15-5-3-4-13(16(15)24-2)17(22)20-8-12(9-20)21-10-14(18-19-21)11-6-7-11/h3-5,10-12H,6-9H2,1-2H3. The third-order valence-electron chi connectivity index (χ3n) is 4.68. The van der Waals surface area contributed by atoms with E-state index in [9.17, 15) is 4.79 Å². The average molecular weight is 328 g/mol. The maximum atomic E-state index is 12.7. The summed E-state index contributed by atoms with van der Waals surface area (Å²) in [6.45, 7) is 1.26. The van der Waals surface area contributed by atoms with Gasteiger partial charge in [-0.25, -0.2) is 4.68 Å². The van der Waals surface area contributed by atoms with E-state index in [1.165, 1.54) is 12.8 Å². The lowest BCUT2D eigenvalue weighted by atomic mass is 10.1. The highest BCUT2D eigenvalue weighted by molar-refractivity contribution is 5.98. The minimum atomic E-state index is -0.0514. The van der Waals surface area contributed by atoms with E-state index < -0.39 is 0 Å². The summed E-state index contributed by atoms with van der Waals surface area (Å²) in [5.41, 5.74) is 1.60. The molecular formula is C17H20N4O3. The summed E-state index contributed by atoms with van der Waals surface area (Å²) in [6.07, 6.45) is 4.45. The van der Waals surface area contributed by atoms with E-state index >= 15 is 0 Å². The number of carbonyl (C=O) groups is 1. The lowest BCUT2D eigenvalue weighted by molar-refractivity contribution is 0.0494. The molecule has 0 bridgehead atoms. The van der Waals surface area contributed by atoms with Crippen molar-refractivity contribution in [1.82, 2.24) is 19.9 Å². The summed E-state index contributed by atoms with van der Waals surface area (Å²) in [5, 5.41) is 8.44. The highest BCUT2D eigenvalue weighted by atomic mass is 16.5. The van der Waals surface area contributed by atoms with Crippen molar-refractivity contribution in [1.29, 1.82) is 0 Å². The van der Waals surface area contributed by atoms with Crippen molar-refractivity contribution >= 4 is 5.91 Å². The van der Waals surface area contributed by atoms with Crippen LogP contribution < -0.4 is 9.47 Å². The Morgan fingerprint density at radius 1 is 1.21 bits per heavy atom. The van der Waals surface area contributed by atoms with Gasteiger partial charge in [-0.2, -0.15) is 0 Å². The van der Waals surface area contributed by atoms with E-state index in [1.807, 2.05) is 10.9 Å². The molecular weight excluding hydrogens is 308 g/mol. The van der Waals surface area contributed by atoms with Crippen molar-refractivity contribution in [2.75, 3.05) is 27.3 Å². The summed E-state index contributed by atoms with van der Waals surface area (Å²) < 4.78 is 12.5. The van der Waals surface area contributed by atoms with E-state index in [2.05, 4.69) is 10.3 Å². The number of rotatable bonds is 5. The number of likely N-dealkylation sites (tertiary alicyclic amines) is 1. The van der Waals surface area contributed by atoms with Crippen molar-refractivity contribution < 1.29 is 14.3 Å². The number of para-hydroxylation sites is 1. The Balaban J connectivity index is 1.45. The van der Waals surface area contributed by atoms with Crippen LogP contribution in [0.5, 0.6) is 11.5 Å². The molecule has 0 atom stereocenters. The Labute approximate surface area is 140 Å². The number of hydrogen-bond donors (Lipinski definition) is 0. The van der Waals surface area contributed by atoms with Gasteiger partial charge in [-0.15, -0.1) is 5.10 Å². The zero-order valence-corrected chi connectivity index (χ0v) is 13.8. The van der Waals surface area contributed by atoms with Crippen molar-refractivity contribution in [3.63, 3.8) is 0 Å². The second-order valence-electron chi connectivity index (χ2n) is 6.30. The van der Waals surface area contributed by atoms with Crippen molar-refractivity contribution in [3.05, 3.63) is 35.7 Å². The Kier molecular flexibility index (Phi) is 3.63. The Morgan fingerprint density at radius 3 is 2.67 bits per heavy atom. The van der Waals surface area contributed by atoms with Gasteiger partial charge in [0.1, 0.15) is 0 Å². The predicted molar refractivity (Wildman–Crippen MR) is 86.5 cm³/mol. The lowest BCUT2D eigenvalue weighted by Gasteiger charge is -2.39. The molecule has 2 heterocycles. The van der Waals surface area contributed by atoms with E-state index in [-0.39, 0.29) is 11.9 Å². The second kappa shape index (κ2) is 5.81. The average Bonchev–Trinajstić information content (AvgIpc) is 3.31. The highest BCUT2D eigenvalue weighted by Gasteiger charge is 2.36. The van der Waals surface area contributed by atoms with Crippen LogP contribution >= 0.6 is 0 Å². The maximum Gasteiger partial charge on any atom is 0.257 e. The van der Waals surface area contributed by atoms with Crippen LogP contribution in [0.15, 0.2) is 24.4 Å². The number of carbonyl (C=O) groups excluding carboxylic acids is 1. The Hall–Kier alpha value is -2.57. The van der Waals surface area contributed by atoms with Crippen LogP contribution in [-0.2, 0) is 0 Å². The van der Waals surface area contributed by atoms with Crippen molar-refractivity contribution in [2.45, 2.75) is 24.8 Å². The minimum Gasteiger partial charge on any atom is -0.493 e. The largest absolute Gasteiger partial charge is 0.493 e. The molecule has 0 unspecified atom stereocenters. The van der Waals surface area contributed by atoms with Crippen LogP contribution in [0.1, 0.15) is 40.9 Å². The summed E-state index contributed by atoms with van der Waals surface area (Å²) in [5.74, 6) is 1.58. The van der Waals surface area contributed by atoms with Gasteiger partial charge in [0.15, 0.2) is 11.5 Å². The normalized spacial score (nSPS) is 17.5. The van der Waals surface area contributed by atoms with Crippen LogP contribution in [0.4, 0.5) is 0 Å². The molecule has 24 heavy (non-hydrogen) atoms. The number of ether oxygens (including phenoxy) is 2. The number of aromatic nitrogens is 3. The van der Waals surface area contributed by atoms with Gasteiger partial charge in [-0.3, -0.25) is 4.79 Å². The van der Waals surface area contributed by atoms with Gasteiger partial charge >= 0.3 is 0 Å². The van der Waals surface area contributed by atoms with Crippen molar-refractivity contribution in [2.24, 2.45) is 0 Å². The van der Waals surface area contributed by atoms with Crippen LogP contribution in [0.25, 0.3) is 0 Å². The van der Waals surface area contributed by atoms with Crippen LogP contribution in [-0.4, -0.2) is 53.1 Å². The first-order valence-electron chi connectivity index (χ1n) is 8.13. The van der Waals surface area contributed by atoms with E-state index in [1.54, 1.807) is 37.3 Å². The van der Waals surface area contributed by atoms with E-state index in [0.717, 1.165) is 5.69 Å². The topological polar surface area (TPSA) is 69.5 Å². The molecule has 1 aliphatic carbocycles. The van der Waals surface area contributed by atoms with E-state index in [0.29, 0.717) is 36.1 Å². The molecule has 1 amide bonds. The number of benzene rings is 1. The van der Waals surface area contributed by atoms with Crippen LogP contribution in [0.3, 0.4) is 0 Å². The second-order valence-corrected chi connectivity index (χ2v) is 6.30. The molecule has 126 valence electrons. The highest BCUT2D eigenvalue weighted by Crippen LogP contribution is 2.39. The van der Waals surface area contributed by atoms with Gasteiger partial charge in [0.2, 0.25) is 0 Å². The lowest BCUT2D eigenvalue weighted by Crippen LogP contribution is -2.51. The number of amides is 1. The third kappa shape index (κ3) is 2.50. The SMILES string of the molecule is COc1cccc(C(=O)N2CC(n3cc(C4CC4)nn3)C2)c1OC. The predicted octanol–water partition coefficient (Wildman–Crippen LogP) is 1.87. The third-order valence-corrected chi connectivity index (χ3v) is 4.68. The molecule has 1 aromatic carbocycles. The molecule has 2 aliphatic rings. The number of methoxy groups -OCH3 is 2. The number of nitrogens with zero attached hydrogens (tertiary/aromatic N) is 4. The molecule has 7 nitrogen and oxygen atoms in total. The molecule has 0 N–H and O–H groups in total. The van der Waals surface area contributed by atoms with Gasteiger partial charge in [0.25, 0.3) is 5.91 Å². The zero-order chi connectivity index (χ0) is 16.7. The smallest absolute Gasteiger partial charge is 0.257 e. The van der Waals surface area contributed by atoms with Gasteiger partial charge in [0.05, 0.1) is 31.5 Å². The van der Waals surface area contributed by atoms with Crippen molar-refractivity contribution in [3.8, 4) is 11.5 Å². The fourth-order valence-corrected chi connectivity index (χ4v) is 3.05. The first-order valence-corrected chi connectivity index (χ1v) is 8.13. The summed E-state index contributed by atoms with van der Waals surface area (Å²) in [4.78, 5) is 14.5. The first kappa shape index (κ1) is 15.0. The zero-order valence-electron chi connectivity index (χ0n) is 13.8. The first-order chi connectivity index (χ1) is 11.7. The molecule has 1 aliphatic heterocycles. The fourth-order valence-electron chi connectivity index (χ4n) is 3.05. The molecule has 7 heteroatoms. The molecule has 2 aromatic rings. The van der Waals surface area contributed by atoms with Gasteiger partial charge in [-0.1, -0.05) is 11.3 Å². The maximum absolute atomic E-state index is 12.7. The van der Waals surface area contributed by atoms with E-state index in [4.69, 9.17) is 9.47 Å². The molecule has 1 saturated carbocycles. The monoisotopic (exact) mass is 328 g/mol. The Bertz CT molecular complexity index is 763. The molecule has 0 radical (unpaired) electrons. The van der Waals surface area contributed by atoms with Gasteiger partial charge in [-0.05, 0) is 25.0 Å². The molecule has 1 saturated heterocycles. The van der Waals surface area contributed by atoms with Gasteiger partial charge < -0.3 is 14.4 Å². The minimum absolute atomic E-state index is 0.0514. The molecule has 2 fully saturated rings. The number of hydrogen-bond acceptors (Lipinski definition) is 5. The Morgan fingerprint density at radius 2 is 2.00 bits per heavy atom. The summed E-state index contributed by atoms with van der Waals surface area (Å²) >= 11 is 0.